The van der Waals surface area contributed by atoms with Crippen molar-refractivity contribution in [3.05, 3.63) is 0 Å². The number of hydrogen-bond donors (Lipinski definition) is 1. The van der Waals surface area contributed by atoms with Crippen LogP contribution in [0.4, 0.5) is 0 Å². The number of nitrogens with one attached hydrogen (secondary N) is 1. The molecule has 2 aliphatic rings. The molecule has 1 N–H and O–H groups in total. The van der Waals surface area contributed by atoms with Crippen LogP contribution in [0.3, 0.4) is 0 Å². The minimum absolute atomic E-state index is 0.150. The fraction of sp³-hybridized carbons (Fsp3) is 0.917. The average molecular weight is 226 g/mol. The Kier molecular flexibility index (Phi) is 3.50. The van der Waals surface area contributed by atoms with Crippen molar-refractivity contribution in [3.63, 3.8) is 0 Å². The van der Waals surface area contributed by atoms with Crippen LogP contribution in [0.15, 0.2) is 0 Å². The minimum Gasteiger partial charge on any atom is -0.364 e. The topological polar surface area (TPSA) is 41.6 Å². The number of amides is 1. The maximum absolute atomic E-state index is 12.1. The first-order valence-corrected chi connectivity index (χ1v) is 6.23. The Balaban J connectivity index is 1.90. The van der Waals surface area contributed by atoms with Crippen LogP contribution < -0.4 is 5.32 Å². The predicted octanol–water partition coefficient (Wildman–Crippen LogP) is 0.623. The van der Waals surface area contributed by atoms with Gasteiger partial charge in [0.2, 0.25) is 0 Å². The summed E-state index contributed by atoms with van der Waals surface area (Å²) < 4.78 is 5.49. The first-order chi connectivity index (χ1) is 7.59. The van der Waals surface area contributed by atoms with Crippen LogP contribution in [0.2, 0.25) is 0 Å². The maximum Gasteiger partial charge on any atom is 0.254 e. The van der Waals surface area contributed by atoms with Gasteiger partial charge in [-0.3, -0.25) is 4.79 Å². The van der Waals surface area contributed by atoms with Gasteiger partial charge in [-0.15, -0.1) is 0 Å². The lowest BCUT2D eigenvalue weighted by Gasteiger charge is -2.39. The summed E-state index contributed by atoms with van der Waals surface area (Å²) in [6.45, 7) is 8.25. The van der Waals surface area contributed by atoms with Crippen molar-refractivity contribution in [2.45, 2.75) is 32.3 Å². The lowest BCUT2D eigenvalue weighted by molar-refractivity contribution is -0.167. The van der Waals surface area contributed by atoms with Gasteiger partial charge >= 0.3 is 0 Å². The average Bonchev–Trinajstić information content (AvgIpc) is 2.26. The molecule has 2 fully saturated rings. The quantitative estimate of drug-likeness (QED) is 0.750. The molecule has 1 amide bonds. The molecule has 2 saturated heterocycles. The van der Waals surface area contributed by atoms with E-state index in [1.165, 1.54) is 12.8 Å². The van der Waals surface area contributed by atoms with E-state index in [9.17, 15) is 4.79 Å². The molecule has 0 atom stereocenters. The van der Waals surface area contributed by atoms with Gasteiger partial charge in [-0.25, -0.2) is 0 Å². The molecule has 0 spiro atoms. The number of ether oxygens (including phenoxy) is 1. The monoisotopic (exact) mass is 226 g/mol. The Morgan fingerprint density at radius 1 is 1.44 bits per heavy atom. The van der Waals surface area contributed by atoms with Crippen molar-refractivity contribution >= 4 is 5.91 Å². The lowest BCUT2D eigenvalue weighted by atomic mass is 9.96. The molecule has 0 aromatic carbocycles. The van der Waals surface area contributed by atoms with E-state index in [2.05, 4.69) is 5.32 Å². The molecule has 16 heavy (non-hydrogen) atoms. The molecule has 2 aliphatic heterocycles. The summed E-state index contributed by atoms with van der Waals surface area (Å²) in [5.41, 5.74) is -0.620. The SMILES string of the molecule is CC1(C)OCCN(CC2CCNCC2)C1=O. The van der Waals surface area contributed by atoms with Gasteiger partial charge in [-0.2, -0.15) is 0 Å². The van der Waals surface area contributed by atoms with Crippen molar-refractivity contribution in [2.24, 2.45) is 5.92 Å². The number of carbonyl (C=O) groups is 1. The highest BCUT2D eigenvalue weighted by Gasteiger charge is 2.37. The first-order valence-electron chi connectivity index (χ1n) is 6.23. The summed E-state index contributed by atoms with van der Waals surface area (Å²) in [5.74, 6) is 0.816. The molecule has 0 bridgehead atoms. The van der Waals surface area contributed by atoms with E-state index in [1.54, 1.807) is 0 Å². The zero-order valence-corrected chi connectivity index (χ0v) is 10.3. The number of hydrogen-bond acceptors (Lipinski definition) is 3. The Morgan fingerprint density at radius 2 is 2.12 bits per heavy atom. The van der Waals surface area contributed by atoms with E-state index in [1.807, 2.05) is 18.7 Å². The van der Waals surface area contributed by atoms with Crippen molar-refractivity contribution in [1.82, 2.24) is 10.2 Å². The van der Waals surface area contributed by atoms with Crippen LogP contribution in [0, 0.1) is 5.92 Å². The molecule has 0 aliphatic carbocycles. The molecule has 2 heterocycles. The summed E-state index contributed by atoms with van der Waals surface area (Å²) in [4.78, 5) is 14.1. The molecule has 4 nitrogen and oxygen atoms in total. The number of piperidine rings is 1. The van der Waals surface area contributed by atoms with E-state index in [0.29, 0.717) is 12.5 Å². The summed E-state index contributed by atoms with van der Waals surface area (Å²) in [7, 11) is 0. The highest BCUT2D eigenvalue weighted by Crippen LogP contribution is 2.21. The smallest absolute Gasteiger partial charge is 0.254 e. The lowest BCUT2D eigenvalue weighted by Crippen LogP contribution is -2.55. The van der Waals surface area contributed by atoms with Crippen LogP contribution >= 0.6 is 0 Å². The molecule has 0 aromatic rings. The predicted molar refractivity (Wildman–Crippen MR) is 62.2 cm³/mol. The van der Waals surface area contributed by atoms with Crippen LogP contribution in [-0.4, -0.2) is 49.2 Å². The number of rotatable bonds is 2. The highest BCUT2D eigenvalue weighted by molar-refractivity contribution is 5.85. The first kappa shape index (κ1) is 11.9. The molecule has 4 heteroatoms. The van der Waals surface area contributed by atoms with E-state index in [-0.39, 0.29) is 5.91 Å². The summed E-state index contributed by atoms with van der Waals surface area (Å²) in [6.07, 6.45) is 2.37. The van der Waals surface area contributed by atoms with Crippen molar-refractivity contribution < 1.29 is 9.53 Å². The fourth-order valence-electron chi connectivity index (χ4n) is 2.51. The maximum atomic E-state index is 12.1. The van der Waals surface area contributed by atoms with E-state index >= 15 is 0 Å². The Bertz CT molecular complexity index is 260. The van der Waals surface area contributed by atoms with E-state index in [0.717, 1.165) is 26.2 Å². The number of morpholine rings is 1. The number of carbonyl (C=O) groups excluding carboxylic acids is 1. The van der Waals surface area contributed by atoms with Gasteiger partial charge in [0, 0.05) is 13.1 Å². The molecule has 92 valence electrons. The second-order valence-electron chi connectivity index (χ2n) is 5.30. The molecule has 0 unspecified atom stereocenters. The molecule has 0 saturated carbocycles. The second kappa shape index (κ2) is 4.72. The molecular formula is C12H22N2O2. The molecule has 0 aromatic heterocycles. The van der Waals surface area contributed by atoms with Crippen molar-refractivity contribution in [3.8, 4) is 0 Å². The van der Waals surface area contributed by atoms with Crippen molar-refractivity contribution in [1.29, 1.82) is 0 Å². The van der Waals surface area contributed by atoms with Crippen LogP contribution in [0.25, 0.3) is 0 Å². The summed E-state index contributed by atoms with van der Waals surface area (Å²) in [5, 5.41) is 3.35. The number of nitrogens with zero attached hydrogens (tertiary/aromatic N) is 1. The highest BCUT2D eigenvalue weighted by atomic mass is 16.5. The van der Waals surface area contributed by atoms with E-state index in [4.69, 9.17) is 4.74 Å². The van der Waals surface area contributed by atoms with Gasteiger partial charge in [0.05, 0.1) is 6.61 Å². The largest absolute Gasteiger partial charge is 0.364 e. The normalized spacial score (nSPS) is 27.1. The van der Waals surface area contributed by atoms with Crippen molar-refractivity contribution in [2.75, 3.05) is 32.8 Å². The van der Waals surface area contributed by atoms with Gasteiger partial charge in [0.15, 0.2) is 0 Å². The van der Waals surface area contributed by atoms with Crippen LogP contribution in [0.1, 0.15) is 26.7 Å². The van der Waals surface area contributed by atoms with Gasteiger partial charge in [0.1, 0.15) is 5.60 Å². The third-order valence-corrected chi connectivity index (χ3v) is 3.56. The van der Waals surface area contributed by atoms with Gasteiger partial charge < -0.3 is 15.0 Å². The standard InChI is InChI=1S/C12H22N2O2/c1-12(2)11(15)14(7-8-16-12)9-10-3-5-13-6-4-10/h10,13H,3-9H2,1-2H3. The third kappa shape index (κ3) is 2.55. The van der Waals surface area contributed by atoms with E-state index < -0.39 is 5.60 Å². The Hall–Kier alpha value is -0.610. The minimum atomic E-state index is -0.620. The second-order valence-corrected chi connectivity index (χ2v) is 5.30. The van der Waals surface area contributed by atoms with Gasteiger partial charge in [-0.1, -0.05) is 0 Å². The summed E-state index contributed by atoms with van der Waals surface area (Å²) >= 11 is 0. The fourth-order valence-corrected chi connectivity index (χ4v) is 2.51. The Morgan fingerprint density at radius 3 is 2.81 bits per heavy atom. The Labute approximate surface area is 97.3 Å². The third-order valence-electron chi connectivity index (χ3n) is 3.56. The van der Waals surface area contributed by atoms with Crippen LogP contribution in [0.5, 0.6) is 0 Å². The zero-order valence-electron chi connectivity index (χ0n) is 10.3. The molecule has 0 radical (unpaired) electrons. The van der Waals surface area contributed by atoms with Gasteiger partial charge in [0.25, 0.3) is 5.91 Å². The molecular weight excluding hydrogens is 204 g/mol. The van der Waals surface area contributed by atoms with Crippen LogP contribution in [-0.2, 0) is 9.53 Å². The molecule has 2 rings (SSSR count). The zero-order chi connectivity index (χ0) is 11.6. The summed E-state index contributed by atoms with van der Waals surface area (Å²) in [6, 6.07) is 0. The van der Waals surface area contributed by atoms with Gasteiger partial charge in [-0.05, 0) is 45.7 Å².